The van der Waals surface area contributed by atoms with Gasteiger partial charge >= 0.3 is 0 Å². The van der Waals surface area contributed by atoms with Crippen molar-refractivity contribution in [3.8, 4) is 0 Å². The molecule has 5 heteroatoms. The van der Waals surface area contributed by atoms with Crippen LogP contribution in [0.5, 0.6) is 0 Å². The third-order valence-electron chi connectivity index (χ3n) is 1.56. The molecule has 0 bridgehead atoms. The first-order chi connectivity index (χ1) is 6.61. The Balaban J connectivity index is 2.65. The van der Waals surface area contributed by atoms with E-state index in [9.17, 15) is 9.18 Å². The molecule has 0 aromatic carbocycles. The van der Waals surface area contributed by atoms with E-state index in [0.717, 1.165) is 0 Å². The third kappa shape index (κ3) is 2.77. The minimum absolute atomic E-state index is 0.0904. The maximum absolute atomic E-state index is 12.9. The van der Waals surface area contributed by atoms with E-state index >= 15 is 0 Å². The molecule has 2 N–H and O–H groups in total. The van der Waals surface area contributed by atoms with Crippen molar-refractivity contribution in [3.63, 3.8) is 0 Å². The highest BCUT2D eigenvalue weighted by molar-refractivity contribution is 5.94. The number of aromatic nitrogens is 1. The molecule has 0 aliphatic carbocycles. The first kappa shape index (κ1) is 10.6. The van der Waals surface area contributed by atoms with Gasteiger partial charge in [0, 0.05) is 12.7 Å². The SMILES string of the molecule is C[C@@H](O)CNC(=O)c1cccnc1F. The molecule has 0 unspecified atom stereocenters. The molecule has 1 rings (SSSR count). The number of amides is 1. The molecule has 1 aromatic heterocycles. The Hall–Kier alpha value is -1.49. The molecule has 0 saturated carbocycles. The molecule has 1 heterocycles. The van der Waals surface area contributed by atoms with Crippen molar-refractivity contribution in [2.75, 3.05) is 6.54 Å². The molecule has 0 aliphatic rings. The molecule has 0 aliphatic heterocycles. The first-order valence-electron chi connectivity index (χ1n) is 4.18. The quantitative estimate of drug-likeness (QED) is 0.688. The second-order valence-electron chi connectivity index (χ2n) is 2.90. The Bertz CT molecular complexity index is 328. The van der Waals surface area contributed by atoms with Crippen molar-refractivity contribution < 1.29 is 14.3 Å². The summed E-state index contributed by atoms with van der Waals surface area (Å²) in [6.07, 6.45) is 0.611. The molecule has 1 amide bonds. The van der Waals surface area contributed by atoms with Crippen molar-refractivity contribution in [1.29, 1.82) is 0 Å². The van der Waals surface area contributed by atoms with Gasteiger partial charge in [-0.1, -0.05) is 0 Å². The number of aliphatic hydroxyl groups excluding tert-OH is 1. The van der Waals surface area contributed by atoms with Crippen LogP contribution >= 0.6 is 0 Å². The second kappa shape index (κ2) is 4.66. The van der Waals surface area contributed by atoms with Crippen LogP contribution in [0.1, 0.15) is 17.3 Å². The fourth-order valence-corrected chi connectivity index (χ4v) is 0.891. The number of nitrogens with one attached hydrogen (secondary N) is 1. The molecule has 0 fully saturated rings. The van der Waals surface area contributed by atoms with E-state index in [-0.39, 0.29) is 12.1 Å². The highest BCUT2D eigenvalue weighted by atomic mass is 19.1. The van der Waals surface area contributed by atoms with Crippen molar-refractivity contribution in [1.82, 2.24) is 10.3 Å². The normalized spacial score (nSPS) is 12.2. The van der Waals surface area contributed by atoms with Crippen LogP contribution < -0.4 is 5.32 Å². The summed E-state index contributed by atoms with van der Waals surface area (Å²) in [6, 6.07) is 2.81. The van der Waals surface area contributed by atoms with E-state index in [4.69, 9.17) is 5.11 Å². The number of carbonyl (C=O) groups is 1. The van der Waals surface area contributed by atoms with Gasteiger partial charge < -0.3 is 10.4 Å². The highest BCUT2D eigenvalue weighted by Crippen LogP contribution is 2.02. The Morgan fingerprint density at radius 1 is 1.79 bits per heavy atom. The van der Waals surface area contributed by atoms with Crippen LogP contribution in [0.15, 0.2) is 18.3 Å². The number of carbonyl (C=O) groups excluding carboxylic acids is 1. The summed E-state index contributed by atoms with van der Waals surface area (Å²) in [4.78, 5) is 14.6. The molecule has 14 heavy (non-hydrogen) atoms. The Morgan fingerprint density at radius 2 is 2.50 bits per heavy atom. The molecule has 76 valence electrons. The average molecular weight is 198 g/mol. The van der Waals surface area contributed by atoms with Crippen molar-refractivity contribution in [2.24, 2.45) is 0 Å². The number of halogens is 1. The van der Waals surface area contributed by atoms with Gasteiger partial charge in [0.2, 0.25) is 5.95 Å². The van der Waals surface area contributed by atoms with Gasteiger partial charge in [-0.3, -0.25) is 4.79 Å². The van der Waals surface area contributed by atoms with E-state index in [1.165, 1.54) is 25.3 Å². The lowest BCUT2D eigenvalue weighted by molar-refractivity contribution is 0.0919. The van der Waals surface area contributed by atoms with Crippen LogP contribution in [-0.4, -0.2) is 28.6 Å². The summed E-state index contributed by atoms with van der Waals surface area (Å²) in [5.41, 5.74) is -0.117. The number of pyridine rings is 1. The molecule has 1 aromatic rings. The van der Waals surface area contributed by atoms with Gasteiger partial charge in [0.1, 0.15) is 0 Å². The Labute approximate surface area is 80.8 Å². The lowest BCUT2D eigenvalue weighted by Crippen LogP contribution is -2.31. The molecule has 0 spiro atoms. The highest BCUT2D eigenvalue weighted by Gasteiger charge is 2.11. The van der Waals surface area contributed by atoms with Crippen LogP contribution in [0.4, 0.5) is 4.39 Å². The van der Waals surface area contributed by atoms with E-state index in [1.54, 1.807) is 0 Å². The number of hydrogen-bond acceptors (Lipinski definition) is 3. The smallest absolute Gasteiger partial charge is 0.256 e. The van der Waals surface area contributed by atoms with Gasteiger partial charge in [0.05, 0.1) is 11.7 Å². The van der Waals surface area contributed by atoms with Crippen molar-refractivity contribution in [3.05, 3.63) is 29.8 Å². The lowest BCUT2D eigenvalue weighted by atomic mass is 10.2. The zero-order valence-corrected chi connectivity index (χ0v) is 7.70. The van der Waals surface area contributed by atoms with Gasteiger partial charge in [-0.15, -0.1) is 0 Å². The molecular weight excluding hydrogens is 187 g/mol. The van der Waals surface area contributed by atoms with Crippen LogP contribution in [0.3, 0.4) is 0 Å². The standard InChI is InChI=1S/C9H11FN2O2/c1-6(13)5-12-9(14)7-3-2-4-11-8(7)10/h2-4,6,13H,5H2,1H3,(H,12,14)/t6-/m1/s1. The molecule has 0 radical (unpaired) electrons. The fraction of sp³-hybridized carbons (Fsp3) is 0.333. The second-order valence-corrected chi connectivity index (χ2v) is 2.90. The van der Waals surface area contributed by atoms with Gasteiger partial charge in [0.25, 0.3) is 5.91 Å². The maximum Gasteiger partial charge on any atom is 0.256 e. The monoisotopic (exact) mass is 198 g/mol. The molecular formula is C9H11FN2O2. The molecule has 0 saturated heterocycles. The minimum Gasteiger partial charge on any atom is -0.392 e. The summed E-state index contributed by atoms with van der Waals surface area (Å²) in [7, 11) is 0. The van der Waals surface area contributed by atoms with Crippen LogP contribution in [0, 0.1) is 5.95 Å². The van der Waals surface area contributed by atoms with Gasteiger partial charge in [-0.25, -0.2) is 4.98 Å². The maximum atomic E-state index is 12.9. The zero-order chi connectivity index (χ0) is 10.6. The molecule has 4 nitrogen and oxygen atoms in total. The fourth-order valence-electron chi connectivity index (χ4n) is 0.891. The van der Waals surface area contributed by atoms with E-state index in [2.05, 4.69) is 10.3 Å². The van der Waals surface area contributed by atoms with Crippen LogP contribution in [0.2, 0.25) is 0 Å². The topological polar surface area (TPSA) is 62.2 Å². The number of rotatable bonds is 3. The van der Waals surface area contributed by atoms with Crippen molar-refractivity contribution in [2.45, 2.75) is 13.0 Å². The average Bonchev–Trinajstić information content (AvgIpc) is 2.15. The van der Waals surface area contributed by atoms with E-state index < -0.39 is 18.0 Å². The van der Waals surface area contributed by atoms with Gasteiger partial charge in [-0.05, 0) is 19.1 Å². The number of nitrogens with zero attached hydrogens (tertiary/aromatic N) is 1. The van der Waals surface area contributed by atoms with Gasteiger partial charge in [-0.2, -0.15) is 4.39 Å². The van der Waals surface area contributed by atoms with Crippen molar-refractivity contribution >= 4 is 5.91 Å². The van der Waals surface area contributed by atoms with Crippen LogP contribution in [0.25, 0.3) is 0 Å². The van der Waals surface area contributed by atoms with Gasteiger partial charge in [0.15, 0.2) is 0 Å². The number of aliphatic hydroxyl groups is 1. The summed E-state index contributed by atoms with van der Waals surface area (Å²) in [5.74, 6) is -1.38. The van der Waals surface area contributed by atoms with Crippen LogP contribution in [-0.2, 0) is 0 Å². The predicted octanol–water partition coefficient (Wildman–Crippen LogP) is 0.331. The summed E-state index contributed by atoms with van der Waals surface area (Å²) in [5, 5.41) is 11.3. The summed E-state index contributed by atoms with van der Waals surface area (Å²) < 4.78 is 12.9. The summed E-state index contributed by atoms with van der Waals surface area (Å²) in [6.45, 7) is 1.62. The Morgan fingerprint density at radius 3 is 3.07 bits per heavy atom. The molecule has 1 atom stereocenters. The largest absolute Gasteiger partial charge is 0.392 e. The number of hydrogen-bond donors (Lipinski definition) is 2. The summed E-state index contributed by atoms with van der Waals surface area (Å²) >= 11 is 0. The van der Waals surface area contributed by atoms with E-state index in [0.29, 0.717) is 0 Å². The first-order valence-corrected chi connectivity index (χ1v) is 4.18. The Kier molecular flexibility index (Phi) is 3.53. The predicted molar refractivity (Wildman–Crippen MR) is 48.2 cm³/mol. The third-order valence-corrected chi connectivity index (χ3v) is 1.56. The van der Waals surface area contributed by atoms with E-state index in [1.807, 2.05) is 0 Å². The lowest BCUT2D eigenvalue weighted by Gasteiger charge is -2.06. The zero-order valence-electron chi connectivity index (χ0n) is 7.70. The minimum atomic E-state index is -0.810.